The highest BCUT2D eigenvalue weighted by Gasteiger charge is 2.28. The number of nitrogens with zero attached hydrogens (tertiary/aromatic N) is 3. The van der Waals surface area contributed by atoms with Crippen molar-refractivity contribution >= 4 is 17.5 Å². The molecule has 0 radical (unpaired) electrons. The van der Waals surface area contributed by atoms with Crippen molar-refractivity contribution < 1.29 is 18.7 Å². The Bertz CT molecular complexity index is 1440. The number of terminal acetylenes is 1. The molecular weight excluding hydrogens is 449 g/mol. The van der Waals surface area contributed by atoms with E-state index in [0.717, 1.165) is 24.0 Å². The van der Waals surface area contributed by atoms with Gasteiger partial charge in [-0.05, 0) is 73.2 Å². The Morgan fingerprint density at radius 2 is 1.71 bits per heavy atom. The van der Waals surface area contributed by atoms with Crippen LogP contribution in [0.1, 0.15) is 34.8 Å². The molecule has 1 aliphatic heterocycles. The summed E-state index contributed by atoms with van der Waals surface area (Å²) in [6.45, 7) is 1.13. The number of likely N-dealkylation sites (tertiary alicyclic amines) is 1. The highest BCUT2D eigenvalue weighted by atomic mass is 19.1. The first-order valence-electron chi connectivity index (χ1n) is 11.1. The van der Waals surface area contributed by atoms with Gasteiger partial charge in [-0.2, -0.15) is 5.10 Å². The van der Waals surface area contributed by atoms with Crippen LogP contribution in [-0.2, 0) is 4.79 Å². The lowest BCUT2D eigenvalue weighted by Crippen LogP contribution is -2.37. The van der Waals surface area contributed by atoms with Gasteiger partial charge in [-0.1, -0.05) is 0 Å². The maximum atomic E-state index is 13.1. The molecular formula is C26H22FN5O3. The van der Waals surface area contributed by atoms with Crippen LogP contribution in [-0.4, -0.2) is 44.4 Å². The second-order valence-corrected chi connectivity index (χ2v) is 8.36. The van der Waals surface area contributed by atoms with Crippen molar-refractivity contribution in [1.82, 2.24) is 19.5 Å². The SMILES string of the molecule is C#CC(=O)N1CCC(c2cnn3c(C(N)=O)c(-c4ccc(Oc5ccc(F)cc5)cc4)[nH]c23)CC1. The summed E-state index contributed by atoms with van der Waals surface area (Å²) < 4.78 is 20.4. The zero-order valence-electron chi connectivity index (χ0n) is 18.7. The van der Waals surface area contributed by atoms with Crippen molar-refractivity contribution in [1.29, 1.82) is 0 Å². The van der Waals surface area contributed by atoms with E-state index in [1.54, 1.807) is 47.5 Å². The maximum Gasteiger partial charge on any atom is 0.298 e. The molecule has 0 bridgehead atoms. The minimum absolute atomic E-state index is 0.160. The van der Waals surface area contributed by atoms with Crippen molar-refractivity contribution in [3.05, 3.63) is 71.8 Å². The Morgan fingerprint density at radius 1 is 1.09 bits per heavy atom. The second kappa shape index (κ2) is 8.99. The number of hydrogen-bond acceptors (Lipinski definition) is 4. The predicted octanol–water partition coefficient (Wildman–Crippen LogP) is 3.70. The fourth-order valence-electron chi connectivity index (χ4n) is 4.49. The summed E-state index contributed by atoms with van der Waals surface area (Å²) in [4.78, 5) is 29.2. The number of halogens is 1. The molecule has 176 valence electrons. The van der Waals surface area contributed by atoms with Crippen LogP contribution >= 0.6 is 0 Å². The van der Waals surface area contributed by atoms with Crippen LogP contribution < -0.4 is 10.5 Å². The fraction of sp³-hybridized carbons (Fsp3) is 0.192. The third-order valence-corrected chi connectivity index (χ3v) is 6.26. The summed E-state index contributed by atoms with van der Waals surface area (Å²) in [6, 6.07) is 12.9. The molecule has 2 amide bonds. The maximum absolute atomic E-state index is 13.1. The number of piperidine rings is 1. The minimum Gasteiger partial charge on any atom is -0.457 e. The average Bonchev–Trinajstić information content (AvgIpc) is 3.45. The van der Waals surface area contributed by atoms with E-state index in [0.29, 0.717) is 35.9 Å². The van der Waals surface area contributed by atoms with Gasteiger partial charge in [-0.15, -0.1) is 6.42 Å². The van der Waals surface area contributed by atoms with Gasteiger partial charge in [-0.25, -0.2) is 8.91 Å². The number of amides is 2. The lowest BCUT2D eigenvalue weighted by Gasteiger charge is -2.30. The summed E-state index contributed by atoms with van der Waals surface area (Å²) in [5, 5.41) is 4.43. The van der Waals surface area contributed by atoms with E-state index in [-0.39, 0.29) is 23.3 Å². The topological polar surface area (TPSA) is 106 Å². The number of rotatable bonds is 5. The first kappa shape index (κ1) is 22.2. The number of ether oxygens (including phenoxy) is 1. The van der Waals surface area contributed by atoms with Crippen molar-refractivity contribution in [2.45, 2.75) is 18.8 Å². The first-order valence-corrected chi connectivity index (χ1v) is 11.1. The standard InChI is InChI=1S/C26H22FN5O3/c1-2-22(33)31-13-11-16(12-14-31)21-15-29-32-24(25(28)34)23(30-26(21)32)17-3-7-19(8-4-17)35-20-9-5-18(27)6-10-20/h1,3-10,15-16,30H,11-14H2,(H2,28,34). The van der Waals surface area contributed by atoms with E-state index in [4.69, 9.17) is 16.9 Å². The van der Waals surface area contributed by atoms with Gasteiger partial charge in [0, 0.05) is 24.2 Å². The number of nitrogens with two attached hydrogens (primary N) is 1. The van der Waals surface area contributed by atoms with Crippen LogP contribution in [0.4, 0.5) is 4.39 Å². The quantitative estimate of drug-likeness (QED) is 0.433. The number of carbonyl (C=O) groups is 2. The summed E-state index contributed by atoms with van der Waals surface area (Å²) in [6.07, 6.45) is 8.46. The molecule has 1 aliphatic rings. The molecule has 0 aliphatic carbocycles. The lowest BCUT2D eigenvalue weighted by molar-refractivity contribution is -0.126. The number of aromatic amines is 1. The summed E-state index contributed by atoms with van der Waals surface area (Å²) in [5.41, 5.74) is 8.91. The van der Waals surface area contributed by atoms with E-state index < -0.39 is 5.91 Å². The number of aromatic nitrogens is 3. The largest absolute Gasteiger partial charge is 0.457 e. The fourth-order valence-corrected chi connectivity index (χ4v) is 4.49. The molecule has 9 heteroatoms. The molecule has 0 spiro atoms. The zero-order valence-corrected chi connectivity index (χ0v) is 18.7. The molecule has 5 rings (SSSR count). The second-order valence-electron chi connectivity index (χ2n) is 8.36. The molecule has 0 atom stereocenters. The average molecular weight is 471 g/mol. The Kier molecular flexibility index (Phi) is 5.71. The number of hydrogen-bond donors (Lipinski definition) is 2. The molecule has 3 N–H and O–H groups in total. The zero-order chi connectivity index (χ0) is 24.5. The molecule has 35 heavy (non-hydrogen) atoms. The Balaban J connectivity index is 1.42. The number of primary amides is 1. The number of fused-ring (bicyclic) bond motifs is 1. The lowest BCUT2D eigenvalue weighted by atomic mass is 9.91. The molecule has 0 unspecified atom stereocenters. The number of H-pyrrole nitrogens is 1. The van der Waals surface area contributed by atoms with Gasteiger partial charge < -0.3 is 20.4 Å². The predicted molar refractivity (Wildman–Crippen MR) is 127 cm³/mol. The van der Waals surface area contributed by atoms with E-state index in [9.17, 15) is 14.0 Å². The van der Waals surface area contributed by atoms with Crippen LogP contribution in [0.25, 0.3) is 16.9 Å². The highest BCUT2D eigenvalue weighted by molar-refractivity contribution is 5.98. The van der Waals surface area contributed by atoms with Gasteiger partial charge in [0.15, 0.2) is 5.69 Å². The molecule has 2 aromatic heterocycles. The molecule has 0 saturated carbocycles. The van der Waals surface area contributed by atoms with Crippen LogP contribution in [0.2, 0.25) is 0 Å². The summed E-state index contributed by atoms with van der Waals surface area (Å²) >= 11 is 0. The Hall–Kier alpha value is -4.58. The number of benzene rings is 2. The van der Waals surface area contributed by atoms with E-state index in [1.165, 1.54) is 16.6 Å². The van der Waals surface area contributed by atoms with Gasteiger partial charge >= 0.3 is 0 Å². The molecule has 8 nitrogen and oxygen atoms in total. The normalized spacial score (nSPS) is 14.1. The van der Waals surface area contributed by atoms with Crippen LogP contribution in [0.3, 0.4) is 0 Å². The number of nitrogens with one attached hydrogen (secondary N) is 1. The Morgan fingerprint density at radius 3 is 2.31 bits per heavy atom. The third kappa shape index (κ3) is 4.22. The minimum atomic E-state index is -0.609. The molecule has 2 aromatic carbocycles. The van der Waals surface area contributed by atoms with Crippen molar-refractivity contribution in [2.24, 2.45) is 5.73 Å². The van der Waals surface area contributed by atoms with E-state index >= 15 is 0 Å². The molecule has 1 saturated heterocycles. The van der Waals surface area contributed by atoms with Crippen LogP contribution in [0.5, 0.6) is 11.5 Å². The van der Waals surface area contributed by atoms with Gasteiger partial charge in [0.1, 0.15) is 23.0 Å². The van der Waals surface area contributed by atoms with Crippen LogP contribution in [0.15, 0.2) is 54.7 Å². The monoisotopic (exact) mass is 471 g/mol. The number of carbonyl (C=O) groups excluding carboxylic acids is 2. The van der Waals surface area contributed by atoms with Crippen LogP contribution in [0, 0.1) is 18.2 Å². The highest BCUT2D eigenvalue weighted by Crippen LogP contribution is 2.34. The smallest absolute Gasteiger partial charge is 0.298 e. The van der Waals surface area contributed by atoms with Gasteiger partial charge in [0.25, 0.3) is 11.8 Å². The van der Waals surface area contributed by atoms with Gasteiger partial charge in [-0.3, -0.25) is 9.59 Å². The first-order chi connectivity index (χ1) is 16.9. The Labute approximate surface area is 200 Å². The molecule has 1 fully saturated rings. The third-order valence-electron chi connectivity index (χ3n) is 6.26. The molecule has 3 heterocycles. The van der Waals surface area contributed by atoms with Crippen molar-refractivity contribution in [2.75, 3.05) is 13.1 Å². The van der Waals surface area contributed by atoms with E-state index in [2.05, 4.69) is 16.0 Å². The van der Waals surface area contributed by atoms with Gasteiger partial charge in [0.05, 0.1) is 11.9 Å². The molecule has 4 aromatic rings. The number of imidazole rings is 1. The summed E-state index contributed by atoms with van der Waals surface area (Å²) in [5.74, 6) is 2.15. The summed E-state index contributed by atoms with van der Waals surface area (Å²) in [7, 11) is 0. The van der Waals surface area contributed by atoms with Crippen molar-refractivity contribution in [3.63, 3.8) is 0 Å². The van der Waals surface area contributed by atoms with Crippen molar-refractivity contribution in [3.8, 4) is 35.1 Å². The van der Waals surface area contributed by atoms with Gasteiger partial charge in [0.2, 0.25) is 0 Å². The van der Waals surface area contributed by atoms with E-state index in [1.807, 2.05) is 0 Å².